The van der Waals surface area contributed by atoms with Gasteiger partial charge in [-0.1, -0.05) is 35.0 Å². The van der Waals surface area contributed by atoms with Gasteiger partial charge in [0.05, 0.1) is 5.02 Å². The highest BCUT2D eigenvalue weighted by Crippen LogP contribution is 2.39. The van der Waals surface area contributed by atoms with Crippen LogP contribution in [0.2, 0.25) is 5.02 Å². The fourth-order valence-electron chi connectivity index (χ4n) is 2.38. The maximum atomic E-state index is 13.4. The van der Waals surface area contributed by atoms with Crippen LogP contribution in [0.3, 0.4) is 0 Å². The number of nitrogens with zero attached hydrogens (tertiary/aromatic N) is 1. The molecule has 0 saturated carbocycles. The monoisotopic (exact) mass is 306 g/mol. The van der Waals surface area contributed by atoms with Gasteiger partial charge in [-0.25, -0.2) is 4.39 Å². The van der Waals surface area contributed by atoms with Gasteiger partial charge in [-0.3, -0.25) is 0 Å². The van der Waals surface area contributed by atoms with Gasteiger partial charge in [0, 0.05) is 18.1 Å². The molecule has 0 saturated heterocycles. The van der Waals surface area contributed by atoms with E-state index in [1.807, 2.05) is 6.07 Å². The summed E-state index contributed by atoms with van der Waals surface area (Å²) in [7, 11) is 0. The van der Waals surface area contributed by atoms with Gasteiger partial charge in [0.2, 0.25) is 0 Å². The average molecular weight is 307 g/mol. The third-order valence-electron chi connectivity index (χ3n) is 3.44. The number of oxime groups is 1. The summed E-state index contributed by atoms with van der Waals surface area (Å²) in [5, 5.41) is 11.8. The van der Waals surface area contributed by atoms with Crippen LogP contribution in [0.4, 0.5) is 4.39 Å². The minimum atomic E-state index is -0.499. The minimum Gasteiger partial charge on any atom is -0.485 e. The molecule has 0 spiro atoms. The van der Waals surface area contributed by atoms with E-state index < -0.39 is 5.82 Å². The number of hydrogen-bond acceptors (Lipinski definition) is 3. The molecule has 6 heteroatoms. The van der Waals surface area contributed by atoms with Gasteiger partial charge < -0.3 is 15.7 Å². The zero-order valence-corrected chi connectivity index (χ0v) is 11.6. The lowest BCUT2D eigenvalue weighted by Crippen LogP contribution is -2.14. The van der Waals surface area contributed by atoms with Gasteiger partial charge in [0.15, 0.2) is 5.84 Å². The van der Waals surface area contributed by atoms with E-state index >= 15 is 0 Å². The first-order valence-corrected chi connectivity index (χ1v) is 6.68. The molecule has 0 aromatic heterocycles. The molecule has 3 rings (SSSR count). The molecule has 2 aromatic rings. The van der Waals surface area contributed by atoms with E-state index in [4.69, 9.17) is 27.3 Å². The molecule has 0 amide bonds. The second-order valence-corrected chi connectivity index (χ2v) is 5.20. The first-order valence-electron chi connectivity index (χ1n) is 6.31. The maximum absolute atomic E-state index is 13.4. The Bertz CT molecular complexity index is 703. The predicted molar refractivity (Wildman–Crippen MR) is 77.4 cm³/mol. The molecule has 0 bridgehead atoms. The van der Waals surface area contributed by atoms with E-state index in [0.29, 0.717) is 17.7 Å². The normalized spacial score (nSPS) is 17.4. The summed E-state index contributed by atoms with van der Waals surface area (Å²) >= 11 is 5.78. The summed E-state index contributed by atoms with van der Waals surface area (Å²) in [6.45, 7) is 0. The van der Waals surface area contributed by atoms with E-state index in [0.717, 1.165) is 11.1 Å². The smallest absolute Gasteiger partial charge is 0.170 e. The molecule has 0 fully saturated rings. The van der Waals surface area contributed by atoms with Crippen LogP contribution in [-0.2, 0) is 6.42 Å². The molecule has 1 atom stereocenters. The molecule has 1 unspecified atom stereocenters. The largest absolute Gasteiger partial charge is 0.485 e. The predicted octanol–water partition coefficient (Wildman–Crippen LogP) is 3.25. The summed E-state index contributed by atoms with van der Waals surface area (Å²) < 4.78 is 19.2. The topological polar surface area (TPSA) is 67.8 Å². The highest BCUT2D eigenvalue weighted by molar-refractivity contribution is 6.30. The average Bonchev–Trinajstić information content (AvgIpc) is 2.90. The molecular weight excluding hydrogens is 295 g/mol. The molecule has 2 aromatic carbocycles. The number of halogens is 2. The van der Waals surface area contributed by atoms with Crippen molar-refractivity contribution < 1.29 is 14.3 Å². The molecular formula is C15H12ClFN2O2. The van der Waals surface area contributed by atoms with Crippen LogP contribution >= 0.6 is 11.6 Å². The van der Waals surface area contributed by atoms with Crippen LogP contribution in [0.1, 0.15) is 22.8 Å². The van der Waals surface area contributed by atoms with Crippen molar-refractivity contribution in [3.8, 4) is 5.75 Å². The molecule has 3 N–H and O–H groups in total. The van der Waals surface area contributed by atoms with Crippen molar-refractivity contribution >= 4 is 17.4 Å². The first-order chi connectivity index (χ1) is 10.1. The number of ether oxygens (including phenoxy) is 1. The summed E-state index contributed by atoms with van der Waals surface area (Å²) in [6.07, 6.45) is 0.346. The summed E-state index contributed by atoms with van der Waals surface area (Å²) in [6, 6.07) is 10.1. The van der Waals surface area contributed by atoms with Crippen molar-refractivity contribution in [1.82, 2.24) is 0 Å². The molecule has 1 heterocycles. The number of amidine groups is 1. The fourth-order valence-corrected chi connectivity index (χ4v) is 2.56. The zero-order valence-electron chi connectivity index (χ0n) is 10.9. The molecule has 1 aliphatic rings. The van der Waals surface area contributed by atoms with Gasteiger partial charge in [0.1, 0.15) is 17.7 Å². The number of nitrogens with two attached hydrogens (primary N) is 1. The van der Waals surface area contributed by atoms with Crippen molar-refractivity contribution in [2.75, 3.05) is 0 Å². The van der Waals surface area contributed by atoms with Crippen LogP contribution in [0.15, 0.2) is 41.6 Å². The van der Waals surface area contributed by atoms with Gasteiger partial charge in [-0.15, -0.1) is 0 Å². The lowest BCUT2D eigenvalue weighted by molar-refractivity contribution is 0.238. The van der Waals surface area contributed by atoms with E-state index in [9.17, 15) is 4.39 Å². The van der Waals surface area contributed by atoms with Crippen LogP contribution in [0.5, 0.6) is 5.75 Å². The van der Waals surface area contributed by atoms with Crippen LogP contribution in [0, 0.1) is 5.82 Å². The number of fused-ring (bicyclic) bond motifs is 1. The SMILES string of the molecule is NC(=NO)c1cccc(C2Cc3cc(Cl)c(F)cc3O2)c1. The highest BCUT2D eigenvalue weighted by Gasteiger charge is 2.26. The Labute approximate surface area is 125 Å². The Hall–Kier alpha value is -2.27. The number of benzene rings is 2. The Morgan fingerprint density at radius 2 is 2.19 bits per heavy atom. The van der Waals surface area contributed by atoms with Crippen LogP contribution in [-0.4, -0.2) is 11.0 Å². The summed E-state index contributed by atoms with van der Waals surface area (Å²) in [5.41, 5.74) is 7.90. The third kappa shape index (κ3) is 2.52. The fraction of sp³-hybridized carbons (Fsp3) is 0.133. The van der Waals surface area contributed by atoms with Gasteiger partial charge in [0.25, 0.3) is 0 Å². The second kappa shape index (κ2) is 5.26. The molecule has 1 aliphatic heterocycles. The van der Waals surface area contributed by atoms with Gasteiger partial charge >= 0.3 is 0 Å². The van der Waals surface area contributed by atoms with E-state index in [-0.39, 0.29) is 17.0 Å². The minimum absolute atomic E-state index is 0.0291. The Kier molecular flexibility index (Phi) is 3.43. The Balaban J connectivity index is 1.91. The van der Waals surface area contributed by atoms with Crippen molar-refractivity contribution in [1.29, 1.82) is 0 Å². The summed E-state index contributed by atoms with van der Waals surface area (Å²) in [5.74, 6) is 0.0269. The second-order valence-electron chi connectivity index (χ2n) is 4.80. The quantitative estimate of drug-likeness (QED) is 0.387. The van der Waals surface area contributed by atoms with Crippen LogP contribution < -0.4 is 10.5 Å². The standard InChI is InChI=1S/C15H12ClFN2O2/c16-11-5-10-6-13(21-14(10)7-12(11)17)8-2-1-3-9(4-8)15(18)19-20/h1-5,7,13,20H,6H2,(H2,18,19). The molecule has 0 radical (unpaired) electrons. The van der Waals surface area contributed by atoms with Gasteiger partial charge in [-0.05, 0) is 23.3 Å². The van der Waals surface area contributed by atoms with Crippen molar-refractivity contribution in [2.45, 2.75) is 12.5 Å². The molecule has 4 nitrogen and oxygen atoms in total. The molecule has 21 heavy (non-hydrogen) atoms. The Morgan fingerprint density at radius 1 is 1.38 bits per heavy atom. The van der Waals surface area contributed by atoms with Gasteiger partial charge in [-0.2, -0.15) is 0 Å². The lowest BCUT2D eigenvalue weighted by Gasteiger charge is -2.12. The maximum Gasteiger partial charge on any atom is 0.170 e. The first kappa shape index (κ1) is 13.7. The van der Waals surface area contributed by atoms with E-state index in [1.54, 1.807) is 24.3 Å². The van der Waals surface area contributed by atoms with E-state index in [2.05, 4.69) is 5.16 Å². The van der Waals surface area contributed by atoms with E-state index in [1.165, 1.54) is 6.07 Å². The van der Waals surface area contributed by atoms with Crippen LogP contribution in [0.25, 0.3) is 0 Å². The number of hydrogen-bond donors (Lipinski definition) is 2. The molecule has 0 aliphatic carbocycles. The summed E-state index contributed by atoms with van der Waals surface area (Å²) in [4.78, 5) is 0. The highest BCUT2D eigenvalue weighted by atomic mass is 35.5. The number of rotatable bonds is 2. The third-order valence-corrected chi connectivity index (χ3v) is 3.73. The van der Waals surface area contributed by atoms with Crippen molar-refractivity contribution in [2.24, 2.45) is 10.9 Å². The van der Waals surface area contributed by atoms with Crippen molar-refractivity contribution in [3.05, 3.63) is 63.9 Å². The zero-order chi connectivity index (χ0) is 15.0. The Morgan fingerprint density at radius 3 is 2.95 bits per heavy atom. The van der Waals surface area contributed by atoms with Crippen molar-refractivity contribution in [3.63, 3.8) is 0 Å². The lowest BCUT2D eigenvalue weighted by atomic mass is 10.0. The molecule has 108 valence electrons.